The maximum atomic E-state index is 12.3. The number of carbonyl (C=O) groups excluding carboxylic acids is 1. The summed E-state index contributed by atoms with van der Waals surface area (Å²) in [5.41, 5.74) is 0.853. The van der Waals surface area contributed by atoms with E-state index in [1.54, 1.807) is 31.3 Å². The molecule has 0 saturated carbocycles. The van der Waals surface area contributed by atoms with Gasteiger partial charge in [0, 0.05) is 18.2 Å². The molecule has 3 aromatic rings. The van der Waals surface area contributed by atoms with E-state index in [4.69, 9.17) is 0 Å². The Hall–Kier alpha value is -3.03. The predicted octanol–water partition coefficient (Wildman–Crippen LogP) is 0.692. The van der Waals surface area contributed by atoms with E-state index >= 15 is 0 Å². The van der Waals surface area contributed by atoms with Crippen molar-refractivity contribution in [1.82, 2.24) is 24.6 Å². The molecule has 0 bridgehead atoms. The fourth-order valence-corrected chi connectivity index (χ4v) is 2.16. The average Bonchev–Trinajstić information content (AvgIpc) is 2.96. The number of hydrogen-bond acceptors (Lipinski definition) is 5. The largest absolute Gasteiger partial charge is 0.311 e. The zero-order chi connectivity index (χ0) is 15.5. The number of amides is 1. The van der Waals surface area contributed by atoms with E-state index in [9.17, 15) is 9.59 Å². The van der Waals surface area contributed by atoms with Crippen LogP contribution < -0.4 is 10.9 Å². The second-order valence-electron chi connectivity index (χ2n) is 4.77. The predicted molar refractivity (Wildman–Crippen MR) is 79.5 cm³/mol. The zero-order valence-corrected chi connectivity index (χ0v) is 11.9. The van der Waals surface area contributed by atoms with Crippen molar-refractivity contribution in [3.8, 4) is 0 Å². The molecule has 0 saturated heterocycles. The van der Waals surface area contributed by atoms with Crippen LogP contribution >= 0.6 is 0 Å². The quantitative estimate of drug-likeness (QED) is 0.737. The van der Waals surface area contributed by atoms with Gasteiger partial charge in [0.15, 0.2) is 0 Å². The molecule has 1 amide bonds. The van der Waals surface area contributed by atoms with Crippen LogP contribution in [-0.4, -0.2) is 30.5 Å². The Labute approximate surface area is 125 Å². The molecule has 112 valence electrons. The maximum absolute atomic E-state index is 12.3. The summed E-state index contributed by atoms with van der Waals surface area (Å²) in [5, 5.41) is 5.39. The van der Waals surface area contributed by atoms with Crippen LogP contribution in [0.25, 0.3) is 5.78 Å². The first-order valence-electron chi connectivity index (χ1n) is 6.77. The van der Waals surface area contributed by atoms with Gasteiger partial charge in [0.25, 0.3) is 11.3 Å². The van der Waals surface area contributed by atoms with E-state index in [1.807, 2.05) is 0 Å². The Morgan fingerprint density at radius 3 is 3.00 bits per heavy atom. The number of anilines is 1. The van der Waals surface area contributed by atoms with E-state index in [0.29, 0.717) is 29.3 Å². The molecule has 22 heavy (non-hydrogen) atoms. The molecule has 0 fully saturated rings. The molecule has 0 aromatic carbocycles. The van der Waals surface area contributed by atoms with Crippen molar-refractivity contribution >= 4 is 17.5 Å². The van der Waals surface area contributed by atoms with Crippen LogP contribution in [0.3, 0.4) is 0 Å². The highest BCUT2D eigenvalue weighted by atomic mass is 16.1. The molecule has 0 aliphatic rings. The minimum Gasteiger partial charge on any atom is -0.311 e. The molecule has 3 aromatic heterocycles. The second-order valence-corrected chi connectivity index (χ2v) is 4.77. The smallest absolute Gasteiger partial charge is 0.277 e. The lowest BCUT2D eigenvalue weighted by atomic mass is 10.1. The van der Waals surface area contributed by atoms with Crippen LogP contribution in [0, 0.1) is 6.92 Å². The Morgan fingerprint density at radius 2 is 2.23 bits per heavy atom. The van der Waals surface area contributed by atoms with Gasteiger partial charge in [0.05, 0.1) is 5.69 Å². The number of fused-ring (bicyclic) bond motifs is 1. The number of aromatic nitrogens is 5. The van der Waals surface area contributed by atoms with Crippen molar-refractivity contribution in [3.05, 3.63) is 52.3 Å². The molecule has 0 atom stereocenters. The molecule has 3 heterocycles. The lowest BCUT2D eigenvalue weighted by Gasteiger charge is -2.06. The molecule has 8 heteroatoms. The summed E-state index contributed by atoms with van der Waals surface area (Å²) in [6, 6.07) is 5.26. The number of nitrogens with one attached hydrogen (secondary N) is 2. The Balaban J connectivity index is 1.74. The number of carbonyl (C=O) groups is 1. The van der Waals surface area contributed by atoms with Crippen LogP contribution in [0.15, 0.2) is 35.5 Å². The molecule has 0 spiro atoms. The Bertz CT molecular complexity index is 868. The Morgan fingerprint density at radius 1 is 1.36 bits per heavy atom. The van der Waals surface area contributed by atoms with Gasteiger partial charge in [-0.15, -0.1) is 0 Å². The third-order valence-electron chi connectivity index (χ3n) is 3.27. The van der Waals surface area contributed by atoms with E-state index in [0.717, 1.165) is 0 Å². The van der Waals surface area contributed by atoms with Crippen LogP contribution in [0.2, 0.25) is 0 Å². The fourth-order valence-electron chi connectivity index (χ4n) is 2.16. The highest BCUT2D eigenvalue weighted by Gasteiger charge is 2.13. The first-order valence-corrected chi connectivity index (χ1v) is 6.77. The van der Waals surface area contributed by atoms with Crippen LogP contribution in [0.5, 0.6) is 0 Å². The molecule has 0 unspecified atom stereocenters. The highest BCUT2D eigenvalue weighted by molar-refractivity contribution is 5.89. The number of rotatable bonds is 4. The van der Waals surface area contributed by atoms with Gasteiger partial charge in [0.1, 0.15) is 12.1 Å². The lowest BCUT2D eigenvalue weighted by molar-refractivity contribution is -0.116. The fraction of sp³-hybridized carbons (Fsp3) is 0.214. The van der Waals surface area contributed by atoms with Crippen molar-refractivity contribution in [3.63, 3.8) is 0 Å². The van der Waals surface area contributed by atoms with Gasteiger partial charge in [-0.2, -0.15) is 4.52 Å². The molecule has 0 radical (unpaired) electrons. The minimum absolute atomic E-state index is 0.175. The SMILES string of the molecule is Cc1nc2nc[nH]n2c(=O)c1CCC(=O)Nc1ccccn1. The lowest BCUT2D eigenvalue weighted by Crippen LogP contribution is -2.23. The third kappa shape index (κ3) is 2.71. The van der Waals surface area contributed by atoms with Gasteiger partial charge in [-0.25, -0.2) is 15.0 Å². The van der Waals surface area contributed by atoms with E-state index in [-0.39, 0.29) is 17.9 Å². The summed E-state index contributed by atoms with van der Waals surface area (Å²) in [6.45, 7) is 1.74. The van der Waals surface area contributed by atoms with Crippen LogP contribution in [-0.2, 0) is 11.2 Å². The summed E-state index contributed by atoms with van der Waals surface area (Å²) in [7, 11) is 0. The van der Waals surface area contributed by atoms with Crippen molar-refractivity contribution < 1.29 is 4.79 Å². The molecule has 0 aliphatic carbocycles. The van der Waals surface area contributed by atoms with Crippen molar-refractivity contribution in [2.24, 2.45) is 0 Å². The maximum Gasteiger partial charge on any atom is 0.277 e. The topological polar surface area (TPSA) is 105 Å². The van der Waals surface area contributed by atoms with Crippen molar-refractivity contribution in [1.29, 1.82) is 0 Å². The van der Waals surface area contributed by atoms with Crippen LogP contribution in [0.4, 0.5) is 5.82 Å². The van der Waals surface area contributed by atoms with Gasteiger partial charge in [-0.3, -0.25) is 14.7 Å². The van der Waals surface area contributed by atoms with Crippen molar-refractivity contribution in [2.45, 2.75) is 19.8 Å². The Kier molecular flexibility index (Phi) is 3.65. The minimum atomic E-state index is -0.231. The molecule has 3 rings (SSSR count). The van der Waals surface area contributed by atoms with Gasteiger partial charge < -0.3 is 5.32 Å². The average molecular weight is 298 g/mol. The molecule has 2 N–H and O–H groups in total. The first-order chi connectivity index (χ1) is 10.6. The summed E-state index contributed by atoms with van der Waals surface area (Å²) >= 11 is 0. The summed E-state index contributed by atoms with van der Waals surface area (Å²) < 4.78 is 1.26. The van der Waals surface area contributed by atoms with E-state index < -0.39 is 0 Å². The van der Waals surface area contributed by atoms with E-state index in [1.165, 1.54) is 10.8 Å². The van der Waals surface area contributed by atoms with E-state index in [2.05, 4.69) is 25.4 Å². The molecular weight excluding hydrogens is 284 g/mol. The summed E-state index contributed by atoms with van der Waals surface area (Å²) in [6.07, 6.45) is 3.48. The standard InChI is InChI=1S/C14H14N6O2/c1-9-10(13(22)20-14(18-9)16-8-17-20)5-6-12(21)19-11-4-2-3-7-15-11/h2-4,7-8H,5-6H2,1H3,(H,15,19,21)(H,16,17,18). The summed E-state index contributed by atoms with van der Waals surface area (Å²) in [5.74, 6) is 0.611. The number of aryl methyl sites for hydroxylation is 1. The second kappa shape index (κ2) is 5.76. The molecule has 8 nitrogen and oxygen atoms in total. The van der Waals surface area contributed by atoms with Gasteiger partial charge >= 0.3 is 0 Å². The van der Waals surface area contributed by atoms with Crippen LogP contribution in [0.1, 0.15) is 17.7 Å². The third-order valence-corrected chi connectivity index (χ3v) is 3.27. The number of pyridine rings is 1. The monoisotopic (exact) mass is 298 g/mol. The number of nitrogens with zero attached hydrogens (tertiary/aromatic N) is 4. The molecule has 0 aliphatic heterocycles. The van der Waals surface area contributed by atoms with Crippen molar-refractivity contribution in [2.75, 3.05) is 5.32 Å². The summed E-state index contributed by atoms with van der Waals surface area (Å²) in [4.78, 5) is 36.4. The van der Waals surface area contributed by atoms with Gasteiger partial charge in [-0.1, -0.05) is 6.07 Å². The first kappa shape index (κ1) is 13.9. The molecular formula is C14H14N6O2. The van der Waals surface area contributed by atoms with Gasteiger partial charge in [-0.05, 0) is 25.5 Å². The van der Waals surface area contributed by atoms with Gasteiger partial charge in [0.2, 0.25) is 5.91 Å². The number of H-pyrrole nitrogens is 1. The normalized spacial score (nSPS) is 10.8. The number of aromatic amines is 1. The number of hydrogen-bond donors (Lipinski definition) is 2. The highest BCUT2D eigenvalue weighted by Crippen LogP contribution is 2.06. The zero-order valence-electron chi connectivity index (χ0n) is 11.9.